The Labute approximate surface area is 110 Å². The predicted molar refractivity (Wildman–Crippen MR) is 69.4 cm³/mol. The minimum absolute atomic E-state index is 0.240. The van der Waals surface area contributed by atoms with Crippen LogP contribution in [0.2, 0.25) is 0 Å². The number of methoxy groups -OCH3 is 1. The molecule has 0 spiro atoms. The van der Waals surface area contributed by atoms with Crippen LogP contribution in [0.3, 0.4) is 0 Å². The topological polar surface area (TPSA) is 84.1 Å². The van der Waals surface area contributed by atoms with E-state index in [2.05, 4.69) is 20.0 Å². The number of imidazole rings is 1. The van der Waals surface area contributed by atoms with Gasteiger partial charge in [0.25, 0.3) is 0 Å². The van der Waals surface area contributed by atoms with Crippen molar-refractivity contribution in [2.24, 2.45) is 0 Å². The number of carbonyl (C=O) groups excluding carboxylic acids is 2. The molecule has 19 heavy (non-hydrogen) atoms. The van der Waals surface area contributed by atoms with E-state index in [0.29, 0.717) is 13.0 Å². The van der Waals surface area contributed by atoms with Crippen LogP contribution in [0.15, 0.2) is 24.5 Å². The van der Waals surface area contributed by atoms with E-state index in [1.165, 1.54) is 7.11 Å². The molecule has 6 heteroatoms. The van der Waals surface area contributed by atoms with Gasteiger partial charge in [0.15, 0.2) is 0 Å². The average molecular weight is 261 g/mol. The van der Waals surface area contributed by atoms with Gasteiger partial charge in [0, 0.05) is 6.54 Å². The molecule has 1 amide bonds. The molecular formula is C13H15N3O3. The minimum atomic E-state index is -0.531. The van der Waals surface area contributed by atoms with Gasteiger partial charge in [-0.05, 0) is 24.1 Å². The number of hydrogen-bond acceptors (Lipinski definition) is 4. The maximum Gasteiger partial charge on any atom is 0.315 e. The van der Waals surface area contributed by atoms with E-state index in [9.17, 15) is 9.59 Å². The summed E-state index contributed by atoms with van der Waals surface area (Å²) in [5.41, 5.74) is 2.98. The van der Waals surface area contributed by atoms with Crippen LogP contribution in [0.25, 0.3) is 11.0 Å². The number of aromatic nitrogens is 2. The normalized spacial score (nSPS) is 10.4. The van der Waals surface area contributed by atoms with Crippen molar-refractivity contribution in [1.82, 2.24) is 15.3 Å². The van der Waals surface area contributed by atoms with E-state index in [1.807, 2.05) is 18.2 Å². The molecule has 100 valence electrons. The number of fused-ring (bicyclic) bond motifs is 1. The van der Waals surface area contributed by atoms with Gasteiger partial charge in [0.1, 0.15) is 6.42 Å². The lowest BCUT2D eigenvalue weighted by Gasteiger charge is -2.04. The lowest BCUT2D eigenvalue weighted by atomic mass is 10.1. The van der Waals surface area contributed by atoms with Crippen LogP contribution in [0, 0.1) is 0 Å². The molecule has 1 aromatic heterocycles. The number of ether oxygens (including phenoxy) is 1. The average Bonchev–Trinajstić information content (AvgIpc) is 2.86. The molecule has 2 N–H and O–H groups in total. The second-order valence-corrected chi connectivity index (χ2v) is 4.11. The fourth-order valence-electron chi connectivity index (χ4n) is 1.75. The third kappa shape index (κ3) is 3.54. The number of nitrogens with zero attached hydrogens (tertiary/aromatic N) is 1. The monoisotopic (exact) mass is 261 g/mol. The van der Waals surface area contributed by atoms with Gasteiger partial charge in [-0.25, -0.2) is 4.98 Å². The van der Waals surface area contributed by atoms with Crippen molar-refractivity contribution in [2.45, 2.75) is 12.8 Å². The zero-order valence-corrected chi connectivity index (χ0v) is 10.6. The van der Waals surface area contributed by atoms with Gasteiger partial charge in [-0.2, -0.15) is 0 Å². The van der Waals surface area contributed by atoms with Crippen molar-refractivity contribution < 1.29 is 14.3 Å². The van der Waals surface area contributed by atoms with Crippen LogP contribution in [0.5, 0.6) is 0 Å². The van der Waals surface area contributed by atoms with Crippen molar-refractivity contribution >= 4 is 22.9 Å². The molecule has 2 aromatic rings. The molecule has 0 bridgehead atoms. The number of nitrogens with one attached hydrogen (secondary N) is 2. The highest BCUT2D eigenvalue weighted by atomic mass is 16.5. The zero-order chi connectivity index (χ0) is 13.7. The number of amides is 1. The van der Waals surface area contributed by atoms with Crippen molar-refractivity contribution in [3.05, 3.63) is 30.1 Å². The number of hydrogen-bond donors (Lipinski definition) is 2. The maximum absolute atomic E-state index is 11.3. The van der Waals surface area contributed by atoms with Crippen molar-refractivity contribution in [3.8, 4) is 0 Å². The van der Waals surface area contributed by atoms with Crippen LogP contribution in [0.4, 0.5) is 0 Å². The molecule has 0 aliphatic carbocycles. The third-order valence-electron chi connectivity index (χ3n) is 2.75. The van der Waals surface area contributed by atoms with Gasteiger partial charge in [-0.1, -0.05) is 6.07 Å². The van der Waals surface area contributed by atoms with Gasteiger partial charge in [0.2, 0.25) is 5.91 Å². The highest BCUT2D eigenvalue weighted by molar-refractivity contribution is 5.94. The molecule has 1 heterocycles. The van der Waals surface area contributed by atoms with E-state index in [-0.39, 0.29) is 12.3 Å². The van der Waals surface area contributed by atoms with Crippen molar-refractivity contribution in [3.63, 3.8) is 0 Å². The molecule has 0 aliphatic heterocycles. The second-order valence-electron chi connectivity index (χ2n) is 4.11. The molecule has 0 saturated carbocycles. The number of esters is 1. The van der Waals surface area contributed by atoms with Crippen LogP contribution < -0.4 is 5.32 Å². The van der Waals surface area contributed by atoms with Crippen LogP contribution in [-0.2, 0) is 20.7 Å². The molecule has 2 rings (SSSR count). The standard InChI is InChI=1S/C13H15N3O3/c1-19-13(18)7-12(17)14-5-4-9-2-3-10-11(6-9)16-8-15-10/h2-3,6,8H,4-5,7H2,1H3,(H,14,17)(H,15,16). The lowest BCUT2D eigenvalue weighted by molar-refractivity contribution is -0.143. The molecule has 0 atom stereocenters. The number of H-pyrrole nitrogens is 1. The number of aromatic amines is 1. The smallest absolute Gasteiger partial charge is 0.315 e. The number of benzene rings is 1. The third-order valence-corrected chi connectivity index (χ3v) is 2.75. The van der Waals surface area contributed by atoms with Crippen LogP contribution >= 0.6 is 0 Å². The lowest BCUT2D eigenvalue weighted by Crippen LogP contribution is -2.28. The minimum Gasteiger partial charge on any atom is -0.469 e. The van der Waals surface area contributed by atoms with Crippen LogP contribution in [-0.4, -0.2) is 35.5 Å². The summed E-state index contributed by atoms with van der Waals surface area (Å²) in [6, 6.07) is 5.89. The first-order valence-corrected chi connectivity index (χ1v) is 5.94. The maximum atomic E-state index is 11.3. The Bertz CT molecular complexity index is 592. The molecular weight excluding hydrogens is 246 g/mol. The molecule has 1 aromatic carbocycles. The molecule has 0 aliphatic rings. The highest BCUT2D eigenvalue weighted by Gasteiger charge is 2.08. The Balaban J connectivity index is 1.82. The summed E-state index contributed by atoms with van der Waals surface area (Å²) in [6.07, 6.45) is 2.10. The summed E-state index contributed by atoms with van der Waals surface area (Å²) in [7, 11) is 1.26. The predicted octanol–water partition coefficient (Wildman–Crippen LogP) is 0.785. The van der Waals surface area contributed by atoms with Gasteiger partial charge in [0.05, 0.1) is 24.5 Å². The van der Waals surface area contributed by atoms with E-state index in [1.54, 1.807) is 6.33 Å². The van der Waals surface area contributed by atoms with Gasteiger partial charge in [-0.15, -0.1) is 0 Å². The quantitative estimate of drug-likeness (QED) is 0.615. The summed E-state index contributed by atoms with van der Waals surface area (Å²) >= 11 is 0. The first-order chi connectivity index (χ1) is 9.19. The number of carbonyl (C=O) groups is 2. The van der Waals surface area contributed by atoms with E-state index in [0.717, 1.165) is 16.6 Å². The summed E-state index contributed by atoms with van der Waals surface area (Å²) in [5.74, 6) is -0.856. The van der Waals surface area contributed by atoms with Crippen molar-refractivity contribution in [1.29, 1.82) is 0 Å². The number of rotatable bonds is 5. The fraction of sp³-hybridized carbons (Fsp3) is 0.308. The Hall–Kier alpha value is -2.37. The Morgan fingerprint density at radius 3 is 3.05 bits per heavy atom. The first kappa shape index (κ1) is 13.1. The van der Waals surface area contributed by atoms with E-state index in [4.69, 9.17) is 0 Å². The first-order valence-electron chi connectivity index (χ1n) is 5.94. The molecule has 0 fully saturated rings. The van der Waals surface area contributed by atoms with Gasteiger partial charge < -0.3 is 15.0 Å². The Morgan fingerprint density at radius 1 is 1.42 bits per heavy atom. The molecule has 6 nitrogen and oxygen atoms in total. The fourth-order valence-corrected chi connectivity index (χ4v) is 1.75. The largest absolute Gasteiger partial charge is 0.469 e. The molecule has 0 radical (unpaired) electrons. The molecule has 0 saturated heterocycles. The molecule has 0 unspecified atom stereocenters. The second kappa shape index (κ2) is 5.99. The zero-order valence-electron chi connectivity index (χ0n) is 10.6. The van der Waals surface area contributed by atoms with Gasteiger partial charge >= 0.3 is 5.97 Å². The van der Waals surface area contributed by atoms with Gasteiger partial charge in [-0.3, -0.25) is 9.59 Å². The van der Waals surface area contributed by atoms with Crippen molar-refractivity contribution in [2.75, 3.05) is 13.7 Å². The summed E-state index contributed by atoms with van der Waals surface area (Å²) < 4.78 is 4.41. The van der Waals surface area contributed by atoms with Crippen LogP contribution in [0.1, 0.15) is 12.0 Å². The van der Waals surface area contributed by atoms with E-state index >= 15 is 0 Å². The van der Waals surface area contributed by atoms with E-state index < -0.39 is 5.97 Å². The highest BCUT2D eigenvalue weighted by Crippen LogP contribution is 2.11. The summed E-state index contributed by atoms with van der Waals surface area (Å²) in [6.45, 7) is 0.482. The SMILES string of the molecule is COC(=O)CC(=O)NCCc1ccc2nc[nH]c2c1. The summed E-state index contributed by atoms with van der Waals surface area (Å²) in [4.78, 5) is 29.4. The Morgan fingerprint density at radius 2 is 2.26 bits per heavy atom. The Kier molecular flexibility index (Phi) is 4.12. The summed E-state index contributed by atoms with van der Waals surface area (Å²) in [5, 5.41) is 2.67.